The van der Waals surface area contributed by atoms with Gasteiger partial charge >= 0.3 is 6.18 Å². The summed E-state index contributed by atoms with van der Waals surface area (Å²) in [5.41, 5.74) is 0.889. The highest BCUT2D eigenvalue weighted by Crippen LogP contribution is 2.24. The minimum atomic E-state index is -4.27. The molecule has 1 atom stereocenters. The predicted molar refractivity (Wildman–Crippen MR) is 56.5 cm³/mol. The van der Waals surface area contributed by atoms with E-state index < -0.39 is 12.8 Å². The van der Waals surface area contributed by atoms with Gasteiger partial charge in [0.1, 0.15) is 6.61 Å². The second-order valence-electron chi connectivity index (χ2n) is 3.33. The van der Waals surface area contributed by atoms with Crippen LogP contribution in [0.1, 0.15) is 17.4 Å². The van der Waals surface area contributed by atoms with Crippen molar-refractivity contribution in [2.75, 3.05) is 13.2 Å². The Morgan fingerprint density at radius 3 is 2.38 bits per heavy atom. The molecule has 0 saturated carbocycles. The topological polar surface area (TPSA) is 9.23 Å². The molecule has 1 rings (SSSR count). The van der Waals surface area contributed by atoms with Crippen LogP contribution in [0, 0.1) is 0 Å². The molecule has 0 saturated heterocycles. The van der Waals surface area contributed by atoms with Crippen molar-refractivity contribution in [2.24, 2.45) is 0 Å². The molecular formula is C11H12ClF3O. The van der Waals surface area contributed by atoms with E-state index in [0.717, 1.165) is 5.56 Å². The zero-order valence-corrected chi connectivity index (χ0v) is 9.26. The summed E-state index contributed by atoms with van der Waals surface area (Å²) < 4.78 is 39.7. The lowest BCUT2D eigenvalue weighted by molar-refractivity contribution is -0.174. The lowest BCUT2D eigenvalue weighted by Crippen LogP contribution is -2.17. The maximum absolute atomic E-state index is 11.7. The van der Waals surface area contributed by atoms with Crippen molar-refractivity contribution in [2.45, 2.75) is 18.0 Å². The first-order chi connectivity index (χ1) is 7.49. The first-order valence-corrected chi connectivity index (χ1v) is 5.26. The summed E-state index contributed by atoms with van der Waals surface area (Å²) in [6, 6.07) is 9.19. The predicted octanol–water partition coefficient (Wildman–Crippen LogP) is 3.94. The van der Waals surface area contributed by atoms with Crippen LogP contribution in [0.5, 0.6) is 0 Å². The summed E-state index contributed by atoms with van der Waals surface area (Å²) in [5.74, 6) is 0. The van der Waals surface area contributed by atoms with E-state index in [4.69, 9.17) is 11.6 Å². The van der Waals surface area contributed by atoms with Crippen LogP contribution in [-0.4, -0.2) is 19.4 Å². The van der Waals surface area contributed by atoms with Crippen molar-refractivity contribution in [1.82, 2.24) is 0 Å². The lowest BCUT2D eigenvalue weighted by Gasteiger charge is -2.11. The smallest absolute Gasteiger partial charge is 0.372 e. The highest BCUT2D eigenvalue weighted by atomic mass is 35.5. The van der Waals surface area contributed by atoms with Gasteiger partial charge in [-0.2, -0.15) is 13.2 Å². The number of hydrogen-bond donors (Lipinski definition) is 0. The first-order valence-electron chi connectivity index (χ1n) is 4.82. The minimum absolute atomic E-state index is 0.00255. The summed E-state index contributed by atoms with van der Waals surface area (Å²) in [7, 11) is 0. The van der Waals surface area contributed by atoms with Gasteiger partial charge in [0.2, 0.25) is 0 Å². The summed E-state index contributed by atoms with van der Waals surface area (Å²) in [6.45, 7) is -1.21. The van der Waals surface area contributed by atoms with Crippen molar-refractivity contribution in [3.63, 3.8) is 0 Å². The van der Waals surface area contributed by atoms with E-state index in [9.17, 15) is 13.2 Å². The average molecular weight is 253 g/mol. The Labute approximate surface area is 97.2 Å². The van der Waals surface area contributed by atoms with Crippen molar-refractivity contribution in [1.29, 1.82) is 0 Å². The van der Waals surface area contributed by atoms with Crippen molar-refractivity contribution >= 4 is 11.6 Å². The third-order valence-electron chi connectivity index (χ3n) is 1.94. The van der Waals surface area contributed by atoms with Gasteiger partial charge in [-0.3, -0.25) is 0 Å². The fourth-order valence-electron chi connectivity index (χ4n) is 1.20. The summed E-state index contributed by atoms with van der Waals surface area (Å²) >= 11 is 5.99. The quantitative estimate of drug-likeness (QED) is 0.570. The molecule has 0 N–H and O–H groups in total. The van der Waals surface area contributed by atoms with E-state index in [0.29, 0.717) is 6.42 Å². The Morgan fingerprint density at radius 2 is 1.81 bits per heavy atom. The normalized spacial score (nSPS) is 13.8. The van der Waals surface area contributed by atoms with Crippen molar-refractivity contribution in [3.05, 3.63) is 35.9 Å². The summed E-state index contributed by atoms with van der Waals surface area (Å²) in [6.07, 6.45) is -3.91. The van der Waals surface area contributed by atoms with Crippen molar-refractivity contribution < 1.29 is 17.9 Å². The number of rotatable bonds is 5. The van der Waals surface area contributed by atoms with E-state index in [2.05, 4.69) is 4.74 Å². The number of halogens is 4. The molecule has 0 heterocycles. The first kappa shape index (κ1) is 13.3. The van der Waals surface area contributed by atoms with E-state index >= 15 is 0 Å². The molecule has 1 nitrogen and oxygen atoms in total. The summed E-state index contributed by atoms with van der Waals surface area (Å²) in [4.78, 5) is 0. The van der Waals surface area contributed by atoms with Gasteiger partial charge in [0.25, 0.3) is 0 Å². The Kier molecular flexibility index (Phi) is 5.09. The van der Waals surface area contributed by atoms with E-state index in [1.807, 2.05) is 30.3 Å². The van der Waals surface area contributed by atoms with Gasteiger partial charge in [-0.1, -0.05) is 30.3 Å². The van der Waals surface area contributed by atoms with Gasteiger partial charge in [0.05, 0.1) is 5.38 Å². The molecule has 1 aromatic rings. The lowest BCUT2D eigenvalue weighted by atomic mass is 10.1. The Bertz CT molecular complexity index is 300. The third-order valence-corrected chi connectivity index (χ3v) is 2.41. The number of benzene rings is 1. The molecule has 0 fully saturated rings. The molecule has 0 aromatic heterocycles. The van der Waals surface area contributed by atoms with Crippen LogP contribution in [-0.2, 0) is 4.74 Å². The molecule has 0 bridgehead atoms. The SMILES string of the molecule is FC(F)(F)COCCC(Cl)c1ccccc1. The summed E-state index contributed by atoms with van der Waals surface area (Å²) in [5, 5.41) is -0.311. The van der Waals surface area contributed by atoms with Gasteiger partial charge in [-0.25, -0.2) is 0 Å². The van der Waals surface area contributed by atoms with Gasteiger partial charge in [-0.05, 0) is 12.0 Å². The van der Waals surface area contributed by atoms with E-state index in [1.54, 1.807) is 0 Å². The van der Waals surface area contributed by atoms with Gasteiger partial charge < -0.3 is 4.74 Å². The number of ether oxygens (including phenoxy) is 1. The van der Waals surface area contributed by atoms with Crippen LogP contribution in [0.15, 0.2) is 30.3 Å². The van der Waals surface area contributed by atoms with Crippen LogP contribution in [0.2, 0.25) is 0 Å². The fourth-order valence-corrected chi connectivity index (χ4v) is 1.44. The fraction of sp³-hybridized carbons (Fsp3) is 0.455. The largest absolute Gasteiger partial charge is 0.411 e. The standard InChI is InChI=1S/C11H12ClF3O/c12-10(9-4-2-1-3-5-9)6-7-16-8-11(13,14)15/h1-5,10H,6-8H2. The van der Waals surface area contributed by atoms with Crippen molar-refractivity contribution in [3.8, 4) is 0 Å². The molecule has 0 aliphatic heterocycles. The van der Waals surface area contributed by atoms with E-state index in [-0.39, 0.29) is 12.0 Å². The van der Waals surface area contributed by atoms with Crippen LogP contribution < -0.4 is 0 Å². The average Bonchev–Trinajstić information content (AvgIpc) is 2.24. The maximum Gasteiger partial charge on any atom is 0.411 e. The van der Waals surface area contributed by atoms with Gasteiger partial charge in [0, 0.05) is 6.61 Å². The van der Waals surface area contributed by atoms with E-state index in [1.165, 1.54) is 0 Å². The Balaban J connectivity index is 2.24. The van der Waals surface area contributed by atoms with Crippen LogP contribution in [0.25, 0.3) is 0 Å². The molecule has 0 radical (unpaired) electrons. The van der Waals surface area contributed by atoms with Gasteiger partial charge in [-0.15, -0.1) is 11.6 Å². The molecule has 0 aliphatic carbocycles. The molecule has 90 valence electrons. The number of alkyl halides is 4. The zero-order valence-electron chi connectivity index (χ0n) is 8.51. The highest BCUT2D eigenvalue weighted by Gasteiger charge is 2.27. The monoisotopic (exact) mass is 252 g/mol. The molecule has 1 aromatic carbocycles. The molecule has 5 heteroatoms. The third kappa shape index (κ3) is 5.37. The Hall–Kier alpha value is -0.740. The molecule has 0 spiro atoms. The second-order valence-corrected chi connectivity index (χ2v) is 3.86. The minimum Gasteiger partial charge on any atom is -0.372 e. The van der Waals surface area contributed by atoms with Gasteiger partial charge in [0.15, 0.2) is 0 Å². The van der Waals surface area contributed by atoms with Crippen LogP contribution >= 0.6 is 11.6 Å². The molecule has 0 amide bonds. The second kappa shape index (κ2) is 6.11. The molecule has 1 unspecified atom stereocenters. The van der Waals surface area contributed by atoms with Crippen LogP contribution in [0.4, 0.5) is 13.2 Å². The Morgan fingerprint density at radius 1 is 1.19 bits per heavy atom. The maximum atomic E-state index is 11.7. The molecule has 0 aliphatic rings. The highest BCUT2D eigenvalue weighted by molar-refractivity contribution is 6.20. The van der Waals surface area contributed by atoms with Crippen LogP contribution in [0.3, 0.4) is 0 Å². The zero-order chi connectivity index (χ0) is 12.0. The molecule has 16 heavy (non-hydrogen) atoms. The number of hydrogen-bond acceptors (Lipinski definition) is 1. The molecular weight excluding hydrogens is 241 g/mol.